The van der Waals surface area contributed by atoms with Gasteiger partial charge < -0.3 is 15.5 Å². The fraction of sp³-hybridized carbons (Fsp3) is 0.364. The minimum Gasteiger partial charge on any atom is -0.356 e. The summed E-state index contributed by atoms with van der Waals surface area (Å²) in [4.78, 5) is 13.8. The molecule has 1 amide bonds. The van der Waals surface area contributed by atoms with Crippen LogP contribution >= 0.6 is 12.2 Å². The Bertz CT molecular complexity index is 878. The molecule has 0 bridgehead atoms. The molecular weight excluding hydrogens is 354 g/mol. The maximum Gasteiger partial charge on any atom is 0.227 e. The Morgan fingerprint density at radius 3 is 2.56 bits per heavy atom. The molecule has 142 valence electrons. The summed E-state index contributed by atoms with van der Waals surface area (Å²) in [6.45, 7) is 9.16. The van der Waals surface area contributed by atoms with Crippen LogP contribution in [0.15, 0.2) is 36.4 Å². The van der Waals surface area contributed by atoms with Crippen LogP contribution in [0.4, 0.5) is 11.4 Å². The number of anilines is 2. The maximum absolute atomic E-state index is 12.0. The molecular formula is C22H27N3OS. The van der Waals surface area contributed by atoms with E-state index >= 15 is 0 Å². The Morgan fingerprint density at radius 2 is 1.89 bits per heavy atom. The van der Waals surface area contributed by atoms with Crippen LogP contribution in [0.1, 0.15) is 48.1 Å². The van der Waals surface area contributed by atoms with Crippen LogP contribution in [0.5, 0.6) is 0 Å². The third-order valence-electron chi connectivity index (χ3n) is 5.07. The summed E-state index contributed by atoms with van der Waals surface area (Å²) in [7, 11) is 0. The minimum atomic E-state index is 0.118. The number of aryl methyl sites for hydroxylation is 3. The van der Waals surface area contributed by atoms with Gasteiger partial charge in [0.05, 0.1) is 6.04 Å². The zero-order valence-corrected chi connectivity index (χ0v) is 17.2. The van der Waals surface area contributed by atoms with Crippen LogP contribution in [-0.4, -0.2) is 17.6 Å². The van der Waals surface area contributed by atoms with Crippen molar-refractivity contribution >= 4 is 34.6 Å². The van der Waals surface area contributed by atoms with E-state index in [2.05, 4.69) is 49.6 Å². The van der Waals surface area contributed by atoms with Gasteiger partial charge in [-0.1, -0.05) is 23.8 Å². The van der Waals surface area contributed by atoms with Crippen molar-refractivity contribution < 1.29 is 4.79 Å². The number of amides is 1. The largest absolute Gasteiger partial charge is 0.356 e. The van der Waals surface area contributed by atoms with Gasteiger partial charge in [-0.3, -0.25) is 4.79 Å². The summed E-state index contributed by atoms with van der Waals surface area (Å²) >= 11 is 5.50. The van der Waals surface area contributed by atoms with Gasteiger partial charge in [0.25, 0.3) is 0 Å². The van der Waals surface area contributed by atoms with Crippen LogP contribution < -0.4 is 15.5 Å². The van der Waals surface area contributed by atoms with Gasteiger partial charge in [0.1, 0.15) is 0 Å². The van der Waals surface area contributed by atoms with Crippen molar-refractivity contribution in [2.75, 3.05) is 16.8 Å². The molecule has 1 saturated heterocycles. The van der Waals surface area contributed by atoms with Gasteiger partial charge in [-0.2, -0.15) is 0 Å². The lowest BCUT2D eigenvalue weighted by Gasteiger charge is -2.21. The predicted octanol–water partition coefficient (Wildman–Crippen LogP) is 4.79. The van der Waals surface area contributed by atoms with Gasteiger partial charge in [-0.25, -0.2) is 0 Å². The lowest BCUT2D eigenvalue weighted by molar-refractivity contribution is -0.117. The molecule has 1 heterocycles. The van der Waals surface area contributed by atoms with Crippen LogP contribution in [0.25, 0.3) is 0 Å². The molecule has 5 heteroatoms. The lowest BCUT2D eigenvalue weighted by atomic mass is 10.0. The summed E-state index contributed by atoms with van der Waals surface area (Å²) in [6, 6.07) is 12.6. The van der Waals surface area contributed by atoms with Crippen LogP contribution in [0, 0.1) is 20.8 Å². The third-order valence-corrected chi connectivity index (χ3v) is 5.29. The summed E-state index contributed by atoms with van der Waals surface area (Å²) < 4.78 is 0. The molecule has 2 aromatic rings. The molecule has 1 aliphatic rings. The zero-order valence-electron chi connectivity index (χ0n) is 16.4. The molecule has 1 fully saturated rings. The summed E-state index contributed by atoms with van der Waals surface area (Å²) in [5.41, 5.74) is 6.72. The highest BCUT2D eigenvalue weighted by molar-refractivity contribution is 7.80. The van der Waals surface area contributed by atoms with E-state index in [1.807, 2.05) is 30.0 Å². The van der Waals surface area contributed by atoms with E-state index in [0.29, 0.717) is 11.5 Å². The number of nitrogens with zero attached hydrogens (tertiary/aromatic N) is 1. The first kappa shape index (κ1) is 19.4. The Balaban J connectivity index is 1.66. The number of carbonyl (C=O) groups is 1. The SMILES string of the molecule is Cc1ccc(C)c([C@@H](C)NC(=S)Nc2ccc(N3CCCC3=O)c(C)c2)c1. The van der Waals surface area contributed by atoms with Gasteiger partial charge in [-0.05, 0) is 81.2 Å². The summed E-state index contributed by atoms with van der Waals surface area (Å²) in [5, 5.41) is 7.22. The summed E-state index contributed by atoms with van der Waals surface area (Å²) in [6.07, 6.45) is 1.58. The first-order chi connectivity index (χ1) is 12.8. The Morgan fingerprint density at radius 1 is 1.11 bits per heavy atom. The normalized spacial score (nSPS) is 15.0. The van der Waals surface area contributed by atoms with Crippen molar-refractivity contribution in [3.05, 3.63) is 58.7 Å². The average molecular weight is 382 g/mol. The molecule has 0 aliphatic carbocycles. The molecule has 0 saturated carbocycles. The minimum absolute atomic E-state index is 0.118. The fourth-order valence-corrected chi connectivity index (χ4v) is 3.90. The van der Waals surface area contributed by atoms with E-state index in [-0.39, 0.29) is 11.9 Å². The number of benzene rings is 2. The molecule has 4 nitrogen and oxygen atoms in total. The fourth-order valence-electron chi connectivity index (χ4n) is 3.61. The third kappa shape index (κ3) is 4.48. The summed E-state index contributed by atoms with van der Waals surface area (Å²) in [5.74, 6) is 0.207. The van der Waals surface area contributed by atoms with Crippen molar-refractivity contribution in [2.45, 2.75) is 46.6 Å². The highest BCUT2D eigenvalue weighted by Crippen LogP contribution is 2.27. The molecule has 0 radical (unpaired) electrons. The van der Waals surface area contributed by atoms with Crippen molar-refractivity contribution in [3.63, 3.8) is 0 Å². The topological polar surface area (TPSA) is 44.4 Å². The Hall–Kier alpha value is -2.40. The van der Waals surface area contributed by atoms with E-state index < -0.39 is 0 Å². The highest BCUT2D eigenvalue weighted by Gasteiger charge is 2.23. The lowest BCUT2D eigenvalue weighted by Crippen LogP contribution is -2.31. The van der Waals surface area contributed by atoms with Crippen molar-refractivity contribution in [1.29, 1.82) is 0 Å². The number of hydrogen-bond acceptors (Lipinski definition) is 2. The van der Waals surface area contributed by atoms with E-state index in [4.69, 9.17) is 12.2 Å². The Labute approximate surface area is 167 Å². The van der Waals surface area contributed by atoms with Gasteiger partial charge in [-0.15, -0.1) is 0 Å². The molecule has 27 heavy (non-hydrogen) atoms. The standard InChI is InChI=1S/C22H27N3OS/c1-14-7-8-15(2)19(12-14)17(4)23-22(27)24-18-9-10-20(16(3)13-18)25-11-5-6-21(25)26/h7-10,12-13,17H,5-6,11H2,1-4H3,(H2,23,24,27)/t17-/m1/s1. The number of carbonyl (C=O) groups excluding carboxylic acids is 1. The van der Waals surface area contributed by atoms with Gasteiger partial charge in [0.15, 0.2) is 5.11 Å². The smallest absolute Gasteiger partial charge is 0.227 e. The average Bonchev–Trinajstić information content (AvgIpc) is 3.02. The Kier molecular flexibility index (Phi) is 5.80. The van der Waals surface area contributed by atoms with E-state index in [1.54, 1.807) is 0 Å². The van der Waals surface area contributed by atoms with Crippen LogP contribution in [0.3, 0.4) is 0 Å². The second kappa shape index (κ2) is 8.09. The molecule has 1 aliphatic heterocycles. The van der Waals surface area contributed by atoms with E-state index in [0.717, 1.165) is 29.9 Å². The molecule has 3 rings (SSSR count). The van der Waals surface area contributed by atoms with Crippen LogP contribution in [0.2, 0.25) is 0 Å². The first-order valence-corrected chi connectivity index (χ1v) is 9.81. The van der Waals surface area contributed by atoms with Gasteiger partial charge in [0, 0.05) is 24.3 Å². The zero-order chi connectivity index (χ0) is 19.6. The first-order valence-electron chi connectivity index (χ1n) is 9.41. The highest BCUT2D eigenvalue weighted by atomic mass is 32.1. The second-order valence-corrected chi connectivity index (χ2v) is 7.74. The van der Waals surface area contributed by atoms with Crippen molar-refractivity contribution in [1.82, 2.24) is 5.32 Å². The van der Waals surface area contributed by atoms with Gasteiger partial charge >= 0.3 is 0 Å². The van der Waals surface area contributed by atoms with Crippen molar-refractivity contribution in [3.8, 4) is 0 Å². The number of thiocarbonyl (C=S) groups is 1. The van der Waals surface area contributed by atoms with E-state index in [1.165, 1.54) is 16.7 Å². The molecule has 1 atom stereocenters. The van der Waals surface area contributed by atoms with Crippen molar-refractivity contribution in [2.24, 2.45) is 0 Å². The molecule has 2 N–H and O–H groups in total. The molecule has 0 aromatic heterocycles. The number of rotatable bonds is 4. The number of nitrogens with one attached hydrogen (secondary N) is 2. The number of hydrogen-bond donors (Lipinski definition) is 2. The predicted molar refractivity (Wildman–Crippen MR) is 116 cm³/mol. The van der Waals surface area contributed by atoms with Gasteiger partial charge in [0.2, 0.25) is 5.91 Å². The maximum atomic E-state index is 12.0. The molecule has 0 unspecified atom stereocenters. The second-order valence-electron chi connectivity index (χ2n) is 7.33. The molecule has 0 spiro atoms. The molecule has 2 aromatic carbocycles. The monoisotopic (exact) mass is 381 g/mol. The van der Waals surface area contributed by atoms with E-state index in [9.17, 15) is 4.79 Å². The van der Waals surface area contributed by atoms with Crippen LogP contribution in [-0.2, 0) is 4.79 Å². The quantitative estimate of drug-likeness (QED) is 0.748.